The van der Waals surface area contributed by atoms with E-state index in [4.69, 9.17) is 32.7 Å². The summed E-state index contributed by atoms with van der Waals surface area (Å²) in [5, 5.41) is 7.33. The van der Waals surface area contributed by atoms with Crippen LogP contribution >= 0.6 is 23.2 Å². The molecule has 0 bridgehead atoms. The van der Waals surface area contributed by atoms with Crippen molar-refractivity contribution in [2.45, 2.75) is 6.54 Å². The van der Waals surface area contributed by atoms with Crippen LogP contribution in [0.4, 0.5) is 10.2 Å². The fraction of sp³-hybridized carbons (Fsp3) is 0.111. The number of nitrogens with zero attached hydrogens (tertiary/aromatic N) is 2. The molecule has 138 valence electrons. The number of rotatable bonds is 4. The Hall–Kier alpha value is -2.77. The number of hydrogen-bond donors (Lipinski definition) is 1. The highest BCUT2D eigenvalue weighted by atomic mass is 35.5. The molecule has 4 rings (SSSR count). The van der Waals surface area contributed by atoms with Gasteiger partial charge in [-0.05, 0) is 30.3 Å². The first-order valence-electron chi connectivity index (χ1n) is 7.88. The Morgan fingerprint density at radius 3 is 2.81 bits per heavy atom. The van der Waals surface area contributed by atoms with Gasteiger partial charge >= 0.3 is 0 Å². The molecule has 2 aromatic carbocycles. The van der Waals surface area contributed by atoms with Gasteiger partial charge in [-0.2, -0.15) is 5.10 Å². The summed E-state index contributed by atoms with van der Waals surface area (Å²) in [6.45, 7) is 0.195. The smallest absolute Gasteiger partial charge is 0.257 e. The van der Waals surface area contributed by atoms with Crippen LogP contribution in [0.1, 0.15) is 15.9 Å². The molecule has 0 radical (unpaired) electrons. The van der Waals surface area contributed by atoms with Gasteiger partial charge in [0.25, 0.3) is 5.91 Å². The van der Waals surface area contributed by atoms with E-state index in [-0.39, 0.29) is 34.8 Å². The van der Waals surface area contributed by atoms with E-state index in [2.05, 4.69) is 10.4 Å². The van der Waals surface area contributed by atoms with Crippen molar-refractivity contribution in [1.82, 2.24) is 9.78 Å². The van der Waals surface area contributed by atoms with Gasteiger partial charge in [-0.15, -0.1) is 0 Å². The van der Waals surface area contributed by atoms with Crippen LogP contribution < -0.4 is 14.8 Å². The molecule has 9 heteroatoms. The Balaban J connectivity index is 1.52. The zero-order valence-corrected chi connectivity index (χ0v) is 15.2. The molecule has 1 aliphatic heterocycles. The van der Waals surface area contributed by atoms with Crippen LogP contribution in [-0.2, 0) is 6.54 Å². The fourth-order valence-electron chi connectivity index (χ4n) is 2.63. The summed E-state index contributed by atoms with van der Waals surface area (Å²) < 4.78 is 25.8. The predicted octanol–water partition coefficient (Wildman–Crippen LogP) is 4.36. The van der Waals surface area contributed by atoms with Crippen LogP contribution in [0.2, 0.25) is 10.0 Å². The van der Waals surface area contributed by atoms with Gasteiger partial charge in [0.05, 0.1) is 6.54 Å². The van der Waals surface area contributed by atoms with Gasteiger partial charge in [-0.3, -0.25) is 9.48 Å². The second-order valence-electron chi connectivity index (χ2n) is 5.75. The van der Waals surface area contributed by atoms with E-state index in [0.717, 1.165) is 0 Å². The summed E-state index contributed by atoms with van der Waals surface area (Å²) in [6.07, 6.45) is 1.49. The Bertz CT molecular complexity index is 1020. The maximum Gasteiger partial charge on any atom is 0.257 e. The third-order valence-corrected chi connectivity index (χ3v) is 4.60. The maximum absolute atomic E-state index is 13.9. The quantitative estimate of drug-likeness (QED) is 0.697. The minimum Gasteiger partial charge on any atom is -0.454 e. The number of nitrogens with one attached hydrogen (secondary N) is 1. The van der Waals surface area contributed by atoms with Crippen molar-refractivity contribution in [3.63, 3.8) is 0 Å². The largest absolute Gasteiger partial charge is 0.454 e. The normalized spacial score (nSPS) is 12.3. The Labute approximate surface area is 163 Å². The van der Waals surface area contributed by atoms with Crippen LogP contribution in [0.25, 0.3) is 0 Å². The molecular formula is C18H12Cl2FN3O3. The molecule has 0 unspecified atom stereocenters. The maximum atomic E-state index is 13.9. The molecule has 6 nitrogen and oxygen atoms in total. The molecule has 1 aromatic heterocycles. The number of carbonyl (C=O) groups is 1. The molecule has 1 amide bonds. The van der Waals surface area contributed by atoms with E-state index in [1.54, 1.807) is 24.3 Å². The third-order valence-electron chi connectivity index (χ3n) is 3.97. The van der Waals surface area contributed by atoms with Crippen molar-refractivity contribution in [3.8, 4) is 11.5 Å². The van der Waals surface area contributed by atoms with Crippen molar-refractivity contribution in [3.05, 3.63) is 69.6 Å². The minimum atomic E-state index is -0.444. The van der Waals surface area contributed by atoms with E-state index in [0.29, 0.717) is 17.1 Å². The Morgan fingerprint density at radius 2 is 2.00 bits per heavy atom. The molecule has 0 saturated heterocycles. The SMILES string of the molecule is O=C(Nc1nn(Cc2c(F)cccc2Cl)cc1Cl)c1ccc2c(c1)OCO2. The highest BCUT2D eigenvalue weighted by Crippen LogP contribution is 2.33. The number of ether oxygens (including phenoxy) is 2. The third kappa shape index (κ3) is 3.56. The molecule has 0 fully saturated rings. The summed E-state index contributed by atoms with van der Waals surface area (Å²) in [6, 6.07) is 9.25. The van der Waals surface area contributed by atoms with Crippen LogP contribution in [0.5, 0.6) is 11.5 Å². The van der Waals surface area contributed by atoms with Gasteiger partial charge in [-0.25, -0.2) is 4.39 Å². The second kappa shape index (κ2) is 7.09. The highest BCUT2D eigenvalue weighted by Gasteiger charge is 2.18. The zero-order chi connectivity index (χ0) is 19.0. The zero-order valence-electron chi connectivity index (χ0n) is 13.7. The van der Waals surface area contributed by atoms with Crippen molar-refractivity contribution in [2.75, 3.05) is 12.1 Å². The lowest BCUT2D eigenvalue weighted by Gasteiger charge is -2.06. The highest BCUT2D eigenvalue weighted by molar-refractivity contribution is 6.33. The summed E-state index contributed by atoms with van der Waals surface area (Å²) in [4.78, 5) is 12.4. The molecule has 0 spiro atoms. The van der Waals surface area contributed by atoms with E-state index in [1.807, 2.05) is 0 Å². The second-order valence-corrected chi connectivity index (χ2v) is 6.56. The van der Waals surface area contributed by atoms with Gasteiger partial charge in [-0.1, -0.05) is 29.3 Å². The Kier molecular flexibility index (Phi) is 4.63. The first-order valence-corrected chi connectivity index (χ1v) is 8.63. The first kappa shape index (κ1) is 17.6. The number of benzene rings is 2. The van der Waals surface area contributed by atoms with E-state index < -0.39 is 11.7 Å². The van der Waals surface area contributed by atoms with E-state index in [9.17, 15) is 9.18 Å². The standard InChI is InChI=1S/C18H12Cl2FN3O3/c19-12-2-1-3-14(21)11(12)7-24-8-13(20)17(23-24)22-18(25)10-4-5-15-16(6-10)27-9-26-15/h1-6,8H,7,9H2,(H,22,23,25). The number of fused-ring (bicyclic) bond motifs is 1. The molecule has 0 saturated carbocycles. The van der Waals surface area contributed by atoms with Crippen molar-refractivity contribution >= 4 is 34.9 Å². The lowest BCUT2D eigenvalue weighted by atomic mass is 10.2. The number of halogens is 3. The van der Waals surface area contributed by atoms with E-state index in [1.165, 1.54) is 23.0 Å². The lowest BCUT2D eigenvalue weighted by molar-refractivity contribution is 0.102. The van der Waals surface area contributed by atoms with Gasteiger partial charge in [0.1, 0.15) is 10.8 Å². The summed E-state index contributed by atoms with van der Waals surface area (Å²) in [5.74, 6) is 0.375. The number of amides is 1. The summed E-state index contributed by atoms with van der Waals surface area (Å²) >= 11 is 12.2. The minimum absolute atomic E-state index is 0.0745. The van der Waals surface area contributed by atoms with Gasteiger partial charge in [0.2, 0.25) is 6.79 Å². The van der Waals surface area contributed by atoms with Gasteiger partial charge < -0.3 is 14.8 Å². The number of aromatic nitrogens is 2. The molecular weight excluding hydrogens is 396 g/mol. The van der Waals surface area contributed by atoms with Crippen molar-refractivity contribution in [2.24, 2.45) is 0 Å². The lowest BCUT2D eigenvalue weighted by Crippen LogP contribution is -2.13. The molecule has 0 aliphatic carbocycles. The topological polar surface area (TPSA) is 65.4 Å². The monoisotopic (exact) mass is 407 g/mol. The van der Waals surface area contributed by atoms with Crippen molar-refractivity contribution in [1.29, 1.82) is 0 Å². The molecule has 3 aromatic rings. The van der Waals surface area contributed by atoms with Crippen molar-refractivity contribution < 1.29 is 18.7 Å². The molecule has 0 atom stereocenters. The van der Waals surface area contributed by atoms with Crippen LogP contribution in [-0.4, -0.2) is 22.5 Å². The molecule has 1 N–H and O–H groups in total. The number of anilines is 1. The molecule has 27 heavy (non-hydrogen) atoms. The predicted molar refractivity (Wildman–Crippen MR) is 98.3 cm³/mol. The van der Waals surface area contributed by atoms with Crippen LogP contribution in [0.3, 0.4) is 0 Å². The van der Waals surface area contributed by atoms with Crippen LogP contribution in [0, 0.1) is 5.82 Å². The average molecular weight is 408 g/mol. The fourth-order valence-corrected chi connectivity index (χ4v) is 3.05. The first-order chi connectivity index (χ1) is 13.0. The van der Waals surface area contributed by atoms with Gasteiger partial charge in [0.15, 0.2) is 17.3 Å². The number of hydrogen-bond acceptors (Lipinski definition) is 4. The number of carbonyl (C=O) groups excluding carboxylic acids is 1. The summed E-state index contributed by atoms with van der Waals surface area (Å²) in [7, 11) is 0. The summed E-state index contributed by atoms with van der Waals surface area (Å²) in [5.41, 5.74) is 0.647. The Morgan fingerprint density at radius 1 is 1.19 bits per heavy atom. The molecule has 1 aliphatic rings. The van der Waals surface area contributed by atoms with Gasteiger partial charge in [0, 0.05) is 22.3 Å². The molecule has 2 heterocycles. The van der Waals surface area contributed by atoms with Crippen LogP contribution in [0.15, 0.2) is 42.6 Å². The van der Waals surface area contributed by atoms with E-state index >= 15 is 0 Å². The average Bonchev–Trinajstić information content (AvgIpc) is 3.24.